The molecular formula is C10H14O3. The zero-order valence-corrected chi connectivity index (χ0v) is 7.58. The second kappa shape index (κ2) is 8.82. The van der Waals surface area contributed by atoms with Gasteiger partial charge in [-0.05, 0) is 12.8 Å². The van der Waals surface area contributed by atoms with Crippen LogP contribution in [0.5, 0.6) is 0 Å². The molecule has 0 unspecified atom stereocenters. The lowest BCUT2D eigenvalue weighted by Gasteiger charge is -1.98. The summed E-state index contributed by atoms with van der Waals surface area (Å²) in [4.78, 5) is 9.95. The summed E-state index contributed by atoms with van der Waals surface area (Å²) >= 11 is 0. The fourth-order valence-electron chi connectivity index (χ4n) is 0.693. The minimum Gasteiger partial charge on any atom is -0.472 e. The fraction of sp³-hybridized carbons (Fsp3) is 0.500. The summed E-state index contributed by atoms with van der Waals surface area (Å²) in [5.41, 5.74) is 0. The first-order chi connectivity index (χ1) is 6.27. The predicted octanol–water partition coefficient (Wildman–Crippen LogP) is 1.45. The lowest BCUT2D eigenvalue weighted by Crippen LogP contribution is -1.95. The highest BCUT2D eigenvalue weighted by molar-refractivity contribution is 5.86. The molecule has 1 N–H and O–H groups in total. The van der Waals surface area contributed by atoms with E-state index in [0.29, 0.717) is 19.6 Å². The Morgan fingerprint density at radius 2 is 2.31 bits per heavy atom. The van der Waals surface area contributed by atoms with Gasteiger partial charge in [-0.3, -0.25) is 0 Å². The Balaban J connectivity index is 3.13. The van der Waals surface area contributed by atoms with E-state index in [1.54, 1.807) is 0 Å². The maximum atomic E-state index is 9.95. The molecule has 0 saturated carbocycles. The van der Waals surface area contributed by atoms with Crippen molar-refractivity contribution in [3.63, 3.8) is 0 Å². The average Bonchev–Trinajstić information content (AvgIpc) is 2.09. The third-order valence-electron chi connectivity index (χ3n) is 1.26. The standard InChI is InChI=1S/C10H14O3/c1-2-3-5-8-13-9-6-4-7-10(11)12/h2H,1,3,5-6,8-9H2,(H,11,12). The van der Waals surface area contributed by atoms with E-state index >= 15 is 0 Å². The van der Waals surface area contributed by atoms with Crippen LogP contribution in [0.1, 0.15) is 19.3 Å². The number of ether oxygens (including phenoxy) is 1. The number of aliphatic carboxylic acids is 1. The van der Waals surface area contributed by atoms with Crippen LogP contribution in [0.2, 0.25) is 0 Å². The van der Waals surface area contributed by atoms with Crippen LogP contribution in [-0.4, -0.2) is 24.3 Å². The average molecular weight is 182 g/mol. The molecule has 0 radical (unpaired) electrons. The van der Waals surface area contributed by atoms with Gasteiger partial charge in [0.15, 0.2) is 0 Å². The van der Waals surface area contributed by atoms with Crippen LogP contribution >= 0.6 is 0 Å². The third-order valence-corrected chi connectivity index (χ3v) is 1.26. The molecule has 0 bridgehead atoms. The molecule has 0 aromatic rings. The summed E-state index contributed by atoms with van der Waals surface area (Å²) in [6, 6.07) is 0. The van der Waals surface area contributed by atoms with Gasteiger partial charge in [0.05, 0.1) is 6.61 Å². The monoisotopic (exact) mass is 182 g/mol. The minimum absolute atomic E-state index is 0.473. The first-order valence-corrected chi connectivity index (χ1v) is 4.18. The SMILES string of the molecule is C=CCCCOCCC#CC(=O)O. The maximum Gasteiger partial charge on any atom is 0.381 e. The van der Waals surface area contributed by atoms with E-state index in [0.717, 1.165) is 12.8 Å². The number of hydrogen-bond donors (Lipinski definition) is 1. The first-order valence-electron chi connectivity index (χ1n) is 4.18. The minimum atomic E-state index is -1.09. The van der Waals surface area contributed by atoms with Gasteiger partial charge >= 0.3 is 5.97 Å². The Hall–Kier alpha value is -1.27. The van der Waals surface area contributed by atoms with Gasteiger partial charge in [0.2, 0.25) is 0 Å². The van der Waals surface area contributed by atoms with Gasteiger partial charge in [-0.1, -0.05) is 12.0 Å². The second-order valence-corrected chi connectivity index (χ2v) is 2.40. The van der Waals surface area contributed by atoms with E-state index in [9.17, 15) is 4.79 Å². The van der Waals surface area contributed by atoms with Crippen LogP contribution < -0.4 is 0 Å². The quantitative estimate of drug-likeness (QED) is 0.384. The van der Waals surface area contributed by atoms with Gasteiger partial charge < -0.3 is 9.84 Å². The Labute approximate surface area is 78.4 Å². The van der Waals surface area contributed by atoms with Crippen LogP contribution in [0.15, 0.2) is 12.7 Å². The second-order valence-electron chi connectivity index (χ2n) is 2.40. The molecule has 0 aromatic carbocycles. The van der Waals surface area contributed by atoms with Crippen molar-refractivity contribution in [3.8, 4) is 11.8 Å². The molecule has 0 rings (SSSR count). The lowest BCUT2D eigenvalue weighted by molar-refractivity contribution is -0.130. The molecule has 0 aromatic heterocycles. The summed E-state index contributed by atoms with van der Waals surface area (Å²) in [6.07, 6.45) is 4.21. The van der Waals surface area contributed by atoms with Crippen LogP contribution in [0.25, 0.3) is 0 Å². The molecule has 0 amide bonds. The summed E-state index contributed by atoms with van der Waals surface area (Å²) in [5.74, 6) is 3.41. The number of carboxylic acid groups (broad SMARTS) is 1. The van der Waals surface area contributed by atoms with Crippen LogP contribution in [-0.2, 0) is 9.53 Å². The van der Waals surface area contributed by atoms with Crippen molar-refractivity contribution >= 4 is 5.97 Å². The molecule has 0 aliphatic heterocycles. The molecule has 3 nitrogen and oxygen atoms in total. The molecule has 0 aliphatic rings. The summed E-state index contributed by atoms with van der Waals surface area (Å²) < 4.78 is 5.17. The van der Waals surface area contributed by atoms with Gasteiger partial charge in [-0.15, -0.1) is 6.58 Å². The van der Waals surface area contributed by atoms with Crippen molar-refractivity contribution < 1.29 is 14.6 Å². The number of carboxylic acids is 1. The van der Waals surface area contributed by atoms with E-state index in [4.69, 9.17) is 9.84 Å². The highest BCUT2D eigenvalue weighted by Gasteiger charge is 1.86. The van der Waals surface area contributed by atoms with Crippen molar-refractivity contribution in [1.82, 2.24) is 0 Å². The molecular weight excluding hydrogens is 168 g/mol. The highest BCUT2D eigenvalue weighted by atomic mass is 16.5. The molecule has 0 fully saturated rings. The van der Waals surface area contributed by atoms with Gasteiger partial charge in [0.1, 0.15) is 0 Å². The highest BCUT2D eigenvalue weighted by Crippen LogP contribution is 1.90. The number of carbonyl (C=O) groups is 1. The van der Waals surface area contributed by atoms with E-state index in [-0.39, 0.29) is 0 Å². The van der Waals surface area contributed by atoms with Crippen molar-refractivity contribution in [1.29, 1.82) is 0 Å². The Morgan fingerprint density at radius 1 is 1.54 bits per heavy atom. The van der Waals surface area contributed by atoms with Crippen molar-refractivity contribution in [3.05, 3.63) is 12.7 Å². The topological polar surface area (TPSA) is 46.5 Å². The van der Waals surface area contributed by atoms with Crippen molar-refractivity contribution in [2.75, 3.05) is 13.2 Å². The summed E-state index contributed by atoms with van der Waals surface area (Å²) in [6.45, 7) is 4.76. The predicted molar refractivity (Wildman–Crippen MR) is 50.3 cm³/mol. The molecule has 72 valence electrons. The van der Waals surface area contributed by atoms with Crippen LogP contribution in [0.4, 0.5) is 0 Å². The Kier molecular flexibility index (Phi) is 7.96. The first kappa shape index (κ1) is 11.7. The molecule has 0 saturated heterocycles. The number of unbranched alkanes of at least 4 members (excludes halogenated alkanes) is 1. The summed E-state index contributed by atoms with van der Waals surface area (Å²) in [7, 11) is 0. The van der Waals surface area contributed by atoms with E-state index in [2.05, 4.69) is 12.5 Å². The Bertz CT molecular complexity index is 210. The van der Waals surface area contributed by atoms with Gasteiger partial charge in [-0.2, -0.15) is 0 Å². The number of rotatable bonds is 6. The molecule has 0 aliphatic carbocycles. The Morgan fingerprint density at radius 3 is 2.92 bits per heavy atom. The zero-order valence-electron chi connectivity index (χ0n) is 7.58. The molecule has 0 heterocycles. The molecule has 0 atom stereocenters. The third kappa shape index (κ3) is 10.7. The largest absolute Gasteiger partial charge is 0.472 e. The smallest absolute Gasteiger partial charge is 0.381 e. The van der Waals surface area contributed by atoms with E-state index in [1.807, 2.05) is 12.0 Å². The molecule has 13 heavy (non-hydrogen) atoms. The summed E-state index contributed by atoms with van der Waals surface area (Å²) in [5, 5.41) is 8.16. The maximum absolute atomic E-state index is 9.95. The van der Waals surface area contributed by atoms with Crippen LogP contribution in [0, 0.1) is 11.8 Å². The van der Waals surface area contributed by atoms with E-state index in [1.165, 1.54) is 0 Å². The van der Waals surface area contributed by atoms with Gasteiger partial charge in [0.25, 0.3) is 0 Å². The van der Waals surface area contributed by atoms with E-state index < -0.39 is 5.97 Å². The fourth-order valence-corrected chi connectivity index (χ4v) is 0.693. The number of allylic oxidation sites excluding steroid dienone is 1. The normalized spacial score (nSPS) is 8.62. The lowest BCUT2D eigenvalue weighted by atomic mass is 10.3. The molecule has 0 spiro atoms. The van der Waals surface area contributed by atoms with Crippen LogP contribution in [0.3, 0.4) is 0 Å². The number of hydrogen-bond acceptors (Lipinski definition) is 2. The van der Waals surface area contributed by atoms with Gasteiger partial charge in [0, 0.05) is 18.9 Å². The van der Waals surface area contributed by atoms with Gasteiger partial charge in [-0.25, -0.2) is 4.79 Å². The van der Waals surface area contributed by atoms with Crippen molar-refractivity contribution in [2.24, 2.45) is 0 Å². The zero-order chi connectivity index (χ0) is 9.94. The molecule has 3 heteroatoms. The van der Waals surface area contributed by atoms with Crippen molar-refractivity contribution in [2.45, 2.75) is 19.3 Å².